The van der Waals surface area contributed by atoms with Gasteiger partial charge in [-0.05, 0) is 49.2 Å². The van der Waals surface area contributed by atoms with Gasteiger partial charge in [0.25, 0.3) is 0 Å². The third kappa shape index (κ3) is 4.69. The minimum atomic E-state index is -0.208. The number of rotatable bonds is 4. The highest BCUT2D eigenvalue weighted by molar-refractivity contribution is 9.10. The first kappa shape index (κ1) is 18.6. The van der Waals surface area contributed by atoms with Crippen LogP contribution in [0.2, 0.25) is 0 Å². The molecule has 0 fully saturated rings. The molecule has 2 N–H and O–H groups in total. The molecule has 1 heterocycles. The summed E-state index contributed by atoms with van der Waals surface area (Å²) in [7, 11) is 0. The maximum Gasteiger partial charge on any atom is 0.315 e. The summed E-state index contributed by atoms with van der Waals surface area (Å²) >= 11 is 3.42. The first-order chi connectivity index (χ1) is 12.5. The molecule has 0 spiro atoms. The third-order valence-electron chi connectivity index (χ3n) is 4.34. The van der Waals surface area contributed by atoms with Crippen LogP contribution in [0.15, 0.2) is 46.9 Å². The molecule has 0 aliphatic carbocycles. The summed E-state index contributed by atoms with van der Waals surface area (Å²) in [6.45, 7) is 5.21. The number of ether oxygens (including phenoxy) is 2. The van der Waals surface area contributed by atoms with E-state index in [0.29, 0.717) is 13.2 Å². The maximum atomic E-state index is 12.3. The van der Waals surface area contributed by atoms with E-state index in [2.05, 4.69) is 26.6 Å². The number of fused-ring (bicyclic) bond motifs is 1. The van der Waals surface area contributed by atoms with Gasteiger partial charge in [0.2, 0.25) is 0 Å². The molecule has 26 heavy (non-hydrogen) atoms. The smallest absolute Gasteiger partial charge is 0.315 e. The second-order valence-corrected chi connectivity index (χ2v) is 7.29. The van der Waals surface area contributed by atoms with Crippen molar-refractivity contribution in [2.45, 2.75) is 32.4 Å². The van der Waals surface area contributed by atoms with Crippen LogP contribution in [0.4, 0.5) is 4.79 Å². The number of hydrogen-bond acceptors (Lipinski definition) is 3. The zero-order valence-corrected chi connectivity index (χ0v) is 16.5. The number of nitrogens with one attached hydrogen (secondary N) is 2. The van der Waals surface area contributed by atoms with E-state index in [9.17, 15) is 4.79 Å². The van der Waals surface area contributed by atoms with Crippen molar-refractivity contribution in [2.24, 2.45) is 0 Å². The zero-order valence-electron chi connectivity index (χ0n) is 14.9. The van der Waals surface area contributed by atoms with Gasteiger partial charge in [-0.3, -0.25) is 0 Å². The van der Waals surface area contributed by atoms with E-state index in [0.717, 1.165) is 33.5 Å². The SMILES string of the molecule is CC(NC(=O)NC(C)c1ccc2c(c1)OCCCO2)c1ccc(Br)cc1. The van der Waals surface area contributed by atoms with Gasteiger partial charge in [-0.25, -0.2) is 4.79 Å². The van der Waals surface area contributed by atoms with E-state index in [-0.39, 0.29) is 18.1 Å². The predicted octanol–water partition coefficient (Wildman–Crippen LogP) is 4.73. The quantitative estimate of drug-likeness (QED) is 0.753. The highest BCUT2D eigenvalue weighted by atomic mass is 79.9. The van der Waals surface area contributed by atoms with Crippen molar-refractivity contribution in [2.75, 3.05) is 13.2 Å². The molecule has 138 valence electrons. The zero-order chi connectivity index (χ0) is 18.5. The summed E-state index contributed by atoms with van der Waals surface area (Å²) in [6.07, 6.45) is 0.869. The average molecular weight is 419 g/mol. The Morgan fingerprint density at radius 2 is 1.50 bits per heavy atom. The highest BCUT2D eigenvalue weighted by Gasteiger charge is 2.16. The highest BCUT2D eigenvalue weighted by Crippen LogP contribution is 2.32. The molecule has 0 aromatic heterocycles. The normalized spacial score (nSPS) is 15.5. The Hall–Kier alpha value is -2.21. The number of urea groups is 1. The van der Waals surface area contributed by atoms with Crippen LogP contribution in [0.5, 0.6) is 11.5 Å². The lowest BCUT2D eigenvalue weighted by Crippen LogP contribution is -2.38. The fourth-order valence-electron chi connectivity index (χ4n) is 2.80. The van der Waals surface area contributed by atoms with Crippen LogP contribution in [0.25, 0.3) is 0 Å². The first-order valence-electron chi connectivity index (χ1n) is 8.75. The number of amides is 2. The molecule has 2 unspecified atom stereocenters. The molecule has 2 amide bonds. The van der Waals surface area contributed by atoms with Crippen molar-refractivity contribution in [1.82, 2.24) is 10.6 Å². The monoisotopic (exact) mass is 418 g/mol. The van der Waals surface area contributed by atoms with Crippen LogP contribution in [0, 0.1) is 0 Å². The molecule has 0 radical (unpaired) electrons. The van der Waals surface area contributed by atoms with E-state index >= 15 is 0 Å². The number of halogens is 1. The van der Waals surface area contributed by atoms with Crippen molar-refractivity contribution in [3.05, 3.63) is 58.1 Å². The molecule has 0 saturated carbocycles. The minimum absolute atomic E-state index is 0.0842. The van der Waals surface area contributed by atoms with Gasteiger partial charge >= 0.3 is 6.03 Å². The topological polar surface area (TPSA) is 59.6 Å². The van der Waals surface area contributed by atoms with Crippen LogP contribution in [0.1, 0.15) is 43.5 Å². The fraction of sp³-hybridized carbons (Fsp3) is 0.350. The lowest BCUT2D eigenvalue weighted by molar-refractivity contribution is 0.235. The third-order valence-corrected chi connectivity index (χ3v) is 4.87. The van der Waals surface area contributed by atoms with E-state index in [4.69, 9.17) is 9.47 Å². The average Bonchev–Trinajstić information content (AvgIpc) is 2.86. The van der Waals surface area contributed by atoms with Crippen LogP contribution < -0.4 is 20.1 Å². The Bertz CT molecular complexity index is 764. The Labute approximate surface area is 162 Å². The van der Waals surface area contributed by atoms with Gasteiger partial charge in [0, 0.05) is 10.9 Å². The summed E-state index contributed by atoms with van der Waals surface area (Å²) in [5.41, 5.74) is 2.02. The number of hydrogen-bond donors (Lipinski definition) is 2. The number of benzene rings is 2. The summed E-state index contributed by atoms with van der Waals surface area (Å²) in [4.78, 5) is 12.3. The molecule has 0 bridgehead atoms. The standard InChI is InChI=1S/C20H23BrN2O3/c1-13(15-4-7-17(21)8-5-15)22-20(24)23-14(2)16-6-9-18-19(12-16)26-11-3-10-25-18/h4-9,12-14H,3,10-11H2,1-2H3,(H2,22,23,24). The Morgan fingerprint density at radius 3 is 2.19 bits per heavy atom. The van der Waals surface area contributed by atoms with Crippen molar-refractivity contribution in [3.63, 3.8) is 0 Å². The molecule has 1 aliphatic heterocycles. The van der Waals surface area contributed by atoms with Crippen LogP contribution in [0.3, 0.4) is 0 Å². The Morgan fingerprint density at radius 1 is 0.923 bits per heavy atom. The van der Waals surface area contributed by atoms with E-state index in [1.807, 2.05) is 56.3 Å². The van der Waals surface area contributed by atoms with Gasteiger partial charge in [0.15, 0.2) is 11.5 Å². The first-order valence-corrected chi connectivity index (χ1v) is 9.54. The van der Waals surface area contributed by atoms with Crippen LogP contribution >= 0.6 is 15.9 Å². The van der Waals surface area contributed by atoms with Gasteiger partial charge in [-0.15, -0.1) is 0 Å². The number of carbonyl (C=O) groups excluding carboxylic acids is 1. The maximum absolute atomic E-state index is 12.3. The van der Waals surface area contributed by atoms with Gasteiger partial charge < -0.3 is 20.1 Å². The summed E-state index contributed by atoms with van der Waals surface area (Å²) in [5, 5.41) is 5.94. The lowest BCUT2D eigenvalue weighted by Gasteiger charge is -2.19. The van der Waals surface area contributed by atoms with E-state index < -0.39 is 0 Å². The van der Waals surface area contributed by atoms with E-state index in [1.165, 1.54) is 0 Å². The molecule has 5 nitrogen and oxygen atoms in total. The lowest BCUT2D eigenvalue weighted by atomic mass is 10.1. The summed E-state index contributed by atoms with van der Waals surface area (Å²) in [6, 6.07) is 13.3. The number of carbonyl (C=O) groups is 1. The Balaban J connectivity index is 1.60. The fourth-order valence-corrected chi connectivity index (χ4v) is 3.07. The molecule has 2 aromatic carbocycles. The Kier molecular flexibility index (Phi) is 6.04. The molecule has 6 heteroatoms. The molecular weight excluding hydrogens is 396 g/mol. The molecular formula is C20H23BrN2O3. The second-order valence-electron chi connectivity index (χ2n) is 6.37. The molecule has 2 aromatic rings. The van der Waals surface area contributed by atoms with Crippen LogP contribution in [-0.4, -0.2) is 19.2 Å². The summed E-state index contributed by atoms with van der Waals surface area (Å²) < 4.78 is 12.4. The molecule has 0 saturated heterocycles. The van der Waals surface area contributed by atoms with Crippen molar-refractivity contribution in [3.8, 4) is 11.5 Å². The second kappa shape index (κ2) is 8.45. The van der Waals surface area contributed by atoms with Gasteiger partial charge in [0.1, 0.15) is 0 Å². The predicted molar refractivity (Wildman–Crippen MR) is 105 cm³/mol. The van der Waals surface area contributed by atoms with Crippen molar-refractivity contribution >= 4 is 22.0 Å². The summed E-state index contributed by atoms with van der Waals surface area (Å²) in [5.74, 6) is 1.49. The molecule has 2 atom stereocenters. The molecule has 3 rings (SSSR count). The van der Waals surface area contributed by atoms with Crippen molar-refractivity contribution < 1.29 is 14.3 Å². The van der Waals surface area contributed by atoms with E-state index in [1.54, 1.807) is 0 Å². The molecule has 1 aliphatic rings. The van der Waals surface area contributed by atoms with Gasteiger partial charge in [-0.1, -0.05) is 34.1 Å². The van der Waals surface area contributed by atoms with Gasteiger partial charge in [-0.2, -0.15) is 0 Å². The van der Waals surface area contributed by atoms with Gasteiger partial charge in [0.05, 0.1) is 25.3 Å². The van der Waals surface area contributed by atoms with Crippen LogP contribution in [-0.2, 0) is 0 Å². The van der Waals surface area contributed by atoms with Crippen molar-refractivity contribution in [1.29, 1.82) is 0 Å². The largest absolute Gasteiger partial charge is 0.490 e. The minimum Gasteiger partial charge on any atom is -0.490 e.